The summed E-state index contributed by atoms with van der Waals surface area (Å²) in [4.78, 5) is 28.5. The van der Waals surface area contributed by atoms with Gasteiger partial charge in [0, 0.05) is 6.42 Å². The second kappa shape index (κ2) is 42.5. The normalized spacial score (nSPS) is 12.5. The zero-order valence-electron chi connectivity index (χ0n) is 36.8. The fourth-order valence-electron chi connectivity index (χ4n) is 7.62. The van der Waals surface area contributed by atoms with E-state index in [1.807, 2.05) is 0 Å². The molecule has 0 rings (SSSR count). The number of carbonyl (C=O) groups excluding carboxylic acids is 2. The first-order valence-corrected chi connectivity index (χ1v) is 24.0. The summed E-state index contributed by atoms with van der Waals surface area (Å²) in [6.07, 6.45) is 39.0. The molecule has 0 bridgehead atoms. The fourth-order valence-corrected chi connectivity index (χ4v) is 7.62. The smallest absolute Gasteiger partial charge is 0.308 e. The molecule has 54 heavy (non-hydrogen) atoms. The largest absolute Gasteiger partial charge is 0.465 e. The van der Waals surface area contributed by atoms with Crippen molar-refractivity contribution in [1.29, 1.82) is 5.26 Å². The number of carbonyl (C=O) groups is 2. The van der Waals surface area contributed by atoms with Gasteiger partial charge < -0.3 is 14.4 Å². The Morgan fingerprint density at radius 3 is 1.09 bits per heavy atom. The summed E-state index contributed by atoms with van der Waals surface area (Å²) < 4.78 is 11.6. The molecule has 0 aliphatic heterocycles. The molecular weight excluding hydrogens is 669 g/mol. The molecule has 0 saturated heterocycles. The van der Waals surface area contributed by atoms with Crippen LogP contribution in [-0.2, 0) is 19.1 Å². The summed E-state index contributed by atoms with van der Waals surface area (Å²) in [7, 11) is 0. The lowest BCUT2D eigenvalue weighted by molar-refractivity contribution is -0.150. The van der Waals surface area contributed by atoms with E-state index in [0.29, 0.717) is 19.6 Å². The first-order valence-electron chi connectivity index (χ1n) is 24.0. The quantitative estimate of drug-likeness (QED) is 0.0455. The molecule has 318 valence electrons. The van der Waals surface area contributed by atoms with Crippen LogP contribution >= 0.6 is 0 Å². The zero-order valence-corrected chi connectivity index (χ0v) is 36.8. The number of rotatable bonds is 43. The lowest BCUT2D eigenvalue weighted by Crippen LogP contribution is -2.27. The average Bonchev–Trinajstić information content (AvgIpc) is 3.17. The molecular formula is C48H92N2O4. The molecule has 0 aliphatic carbocycles. The van der Waals surface area contributed by atoms with Crippen LogP contribution in [0.4, 0.5) is 0 Å². The Balaban J connectivity index is 4.36. The van der Waals surface area contributed by atoms with E-state index in [9.17, 15) is 9.59 Å². The van der Waals surface area contributed by atoms with Gasteiger partial charge in [0.05, 0.1) is 31.1 Å². The van der Waals surface area contributed by atoms with Crippen molar-refractivity contribution in [1.82, 2.24) is 4.90 Å². The first-order chi connectivity index (χ1) is 26.5. The highest BCUT2D eigenvalue weighted by atomic mass is 16.5. The van der Waals surface area contributed by atoms with Gasteiger partial charge in [-0.3, -0.25) is 9.59 Å². The lowest BCUT2D eigenvalue weighted by atomic mass is 9.94. The van der Waals surface area contributed by atoms with E-state index in [0.717, 1.165) is 129 Å². The van der Waals surface area contributed by atoms with Crippen LogP contribution < -0.4 is 0 Å². The number of ether oxygens (including phenoxy) is 2. The van der Waals surface area contributed by atoms with Gasteiger partial charge in [-0.15, -0.1) is 0 Å². The van der Waals surface area contributed by atoms with Gasteiger partial charge in [-0.25, -0.2) is 0 Å². The number of esters is 2. The summed E-state index contributed by atoms with van der Waals surface area (Å²) in [5.41, 5.74) is 0. The van der Waals surface area contributed by atoms with Gasteiger partial charge in [0.15, 0.2) is 0 Å². The SMILES string of the molecule is CCCCCCCCC(CCCCCC)C(=O)OCCCCCCN(CCCC#N)CCCCCCOC(=O)C(CCCCCC)CCCCCCCC. The number of nitrogens with zero attached hydrogens (tertiary/aromatic N) is 2. The third-order valence-corrected chi connectivity index (χ3v) is 11.3. The predicted octanol–water partition coefficient (Wildman–Crippen LogP) is 14.5. The van der Waals surface area contributed by atoms with Crippen molar-refractivity contribution in [3.05, 3.63) is 0 Å². The van der Waals surface area contributed by atoms with Gasteiger partial charge in [-0.1, -0.05) is 182 Å². The van der Waals surface area contributed by atoms with E-state index in [-0.39, 0.29) is 23.8 Å². The molecule has 2 unspecified atom stereocenters. The van der Waals surface area contributed by atoms with Crippen LogP contribution in [-0.4, -0.2) is 49.7 Å². The molecule has 0 spiro atoms. The second-order valence-corrected chi connectivity index (χ2v) is 16.5. The molecule has 0 N–H and O–H groups in total. The highest BCUT2D eigenvalue weighted by Crippen LogP contribution is 2.22. The van der Waals surface area contributed by atoms with Crippen LogP contribution in [0.1, 0.15) is 246 Å². The minimum atomic E-state index is 0.0485. The molecule has 0 radical (unpaired) electrons. The van der Waals surface area contributed by atoms with Crippen LogP contribution in [0, 0.1) is 23.2 Å². The van der Waals surface area contributed by atoms with Crippen molar-refractivity contribution in [2.24, 2.45) is 11.8 Å². The maximum absolute atomic E-state index is 13.0. The van der Waals surface area contributed by atoms with Gasteiger partial charge >= 0.3 is 11.9 Å². The van der Waals surface area contributed by atoms with E-state index < -0.39 is 0 Å². The minimum absolute atomic E-state index is 0.0485. The van der Waals surface area contributed by atoms with E-state index in [1.54, 1.807) is 0 Å². The van der Waals surface area contributed by atoms with Crippen molar-refractivity contribution in [2.75, 3.05) is 32.8 Å². The number of hydrogen-bond donors (Lipinski definition) is 0. The summed E-state index contributed by atoms with van der Waals surface area (Å²) in [6.45, 7) is 13.2. The van der Waals surface area contributed by atoms with Crippen molar-refractivity contribution in [3.8, 4) is 6.07 Å². The van der Waals surface area contributed by atoms with Gasteiger partial charge in [0.1, 0.15) is 0 Å². The number of unbranched alkanes of at least 4 members (excludes halogenated alkanes) is 23. The van der Waals surface area contributed by atoms with Crippen molar-refractivity contribution in [3.63, 3.8) is 0 Å². The fraction of sp³-hybridized carbons (Fsp3) is 0.938. The van der Waals surface area contributed by atoms with Crippen LogP contribution in [0.2, 0.25) is 0 Å². The summed E-state index contributed by atoms with van der Waals surface area (Å²) >= 11 is 0. The number of hydrogen-bond acceptors (Lipinski definition) is 6. The molecule has 2 atom stereocenters. The van der Waals surface area contributed by atoms with Gasteiger partial charge in [0.2, 0.25) is 0 Å². The van der Waals surface area contributed by atoms with Gasteiger partial charge in [-0.2, -0.15) is 5.26 Å². The topological polar surface area (TPSA) is 79.6 Å². The lowest BCUT2D eigenvalue weighted by Gasteiger charge is -2.22. The second-order valence-electron chi connectivity index (χ2n) is 16.5. The number of nitriles is 1. The maximum atomic E-state index is 13.0. The predicted molar refractivity (Wildman–Crippen MR) is 231 cm³/mol. The Kier molecular flexibility index (Phi) is 41.3. The zero-order chi connectivity index (χ0) is 39.6. The van der Waals surface area contributed by atoms with Crippen molar-refractivity contribution in [2.45, 2.75) is 246 Å². The van der Waals surface area contributed by atoms with Crippen LogP contribution in [0.25, 0.3) is 0 Å². The monoisotopic (exact) mass is 761 g/mol. The van der Waals surface area contributed by atoms with Gasteiger partial charge in [0.25, 0.3) is 0 Å². The van der Waals surface area contributed by atoms with E-state index >= 15 is 0 Å². The summed E-state index contributed by atoms with van der Waals surface area (Å²) in [5, 5.41) is 9.07. The third kappa shape index (κ3) is 34.8. The van der Waals surface area contributed by atoms with Crippen LogP contribution in [0.5, 0.6) is 0 Å². The van der Waals surface area contributed by atoms with Crippen LogP contribution in [0.3, 0.4) is 0 Å². The Hall–Kier alpha value is -1.61. The van der Waals surface area contributed by atoms with Gasteiger partial charge in [-0.05, 0) is 77.4 Å². The standard InChI is InChI=1S/C48H92N2O4/c1-5-9-13-17-19-27-37-45(35-25-15-11-7-3)47(51)53-43-33-23-21-30-40-50(42-32-29-39-49)41-31-22-24-34-44-54-48(52)46(36-26-16-12-8-4)38-28-20-18-14-10-6-2/h45-46H,5-38,40-44H2,1-4H3. The molecule has 0 heterocycles. The molecule has 0 fully saturated rings. The van der Waals surface area contributed by atoms with E-state index in [1.165, 1.54) is 103 Å². The highest BCUT2D eigenvalue weighted by Gasteiger charge is 2.20. The average molecular weight is 761 g/mol. The Morgan fingerprint density at radius 2 is 0.722 bits per heavy atom. The summed E-state index contributed by atoms with van der Waals surface area (Å²) in [5.74, 6) is 0.268. The molecule has 6 nitrogen and oxygen atoms in total. The first kappa shape index (κ1) is 52.4. The Bertz CT molecular complexity index is 785. The maximum Gasteiger partial charge on any atom is 0.308 e. The molecule has 0 saturated carbocycles. The van der Waals surface area contributed by atoms with E-state index in [2.05, 4.69) is 38.7 Å². The van der Waals surface area contributed by atoms with Crippen LogP contribution in [0.15, 0.2) is 0 Å². The Morgan fingerprint density at radius 1 is 0.426 bits per heavy atom. The summed E-state index contributed by atoms with van der Waals surface area (Å²) in [6, 6.07) is 2.30. The molecule has 0 aliphatic rings. The van der Waals surface area contributed by atoms with E-state index in [4.69, 9.17) is 14.7 Å². The highest BCUT2D eigenvalue weighted by molar-refractivity contribution is 5.72. The molecule has 0 aromatic heterocycles. The third-order valence-electron chi connectivity index (χ3n) is 11.3. The van der Waals surface area contributed by atoms with Crippen molar-refractivity contribution < 1.29 is 19.1 Å². The minimum Gasteiger partial charge on any atom is -0.465 e. The molecule has 0 amide bonds. The molecule has 0 aromatic carbocycles. The Labute approximate surface area is 337 Å². The molecule has 6 heteroatoms. The van der Waals surface area contributed by atoms with Crippen molar-refractivity contribution >= 4 is 11.9 Å². The molecule has 0 aromatic rings.